The first-order valence-electron chi connectivity index (χ1n) is 9.94. The van der Waals surface area contributed by atoms with Gasteiger partial charge in [-0.15, -0.1) is 0 Å². The Hall–Kier alpha value is -3.06. The van der Waals surface area contributed by atoms with Crippen LogP contribution in [-0.2, 0) is 16.1 Å². The van der Waals surface area contributed by atoms with E-state index >= 15 is 0 Å². The second kappa shape index (κ2) is 8.75. The maximum absolute atomic E-state index is 12.7. The number of benzene rings is 2. The zero-order valence-electron chi connectivity index (χ0n) is 16.3. The number of carbonyl (C=O) groups excluding carboxylic acids is 2. The third kappa shape index (κ3) is 4.41. The van der Waals surface area contributed by atoms with Gasteiger partial charge in [-0.3, -0.25) is 14.2 Å². The highest BCUT2D eigenvalue weighted by atomic mass is 35.5. The van der Waals surface area contributed by atoms with Crippen molar-refractivity contribution in [3.63, 3.8) is 0 Å². The molecule has 2 amide bonds. The Labute approximate surface area is 178 Å². The molecule has 2 heterocycles. The summed E-state index contributed by atoms with van der Waals surface area (Å²) in [6, 6.07) is 14.3. The summed E-state index contributed by atoms with van der Waals surface area (Å²) in [6.07, 6.45) is 1.67. The largest absolute Gasteiger partial charge is 0.419 e. The standard InChI is InChI=1S/C22H22ClN3O4/c23-16-8-9-18-19(13-16)30-22(29)26(18)12-10-20(27)25-11-4-5-15(14-25)21(28)24-17-6-2-1-3-7-17/h1-3,6-9,13,15H,4-5,10-12,14H2,(H,24,28)/t15-/m0/s1. The number of hydrogen-bond acceptors (Lipinski definition) is 4. The van der Waals surface area contributed by atoms with Gasteiger partial charge in [-0.05, 0) is 37.1 Å². The Morgan fingerprint density at radius 1 is 1.17 bits per heavy atom. The third-order valence-electron chi connectivity index (χ3n) is 5.37. The molecular formula is C22H22ClN3O4. The van der Waals surface area contributed by atoms with Gasteiger partial charge in [0.15, 0.2) is 5.58 Å². The van der Waals surface area contributed by atoms with Crippen LogP contribution in [0, 0.1) is 5.92 Å². The normalized spacial score (nSPS) is 16.6. The summed E-state index contributed by atoms with van der Waals surface area (Å²) in [6.45, 7) is 1.21. The van der Waals surface area contributed by atoms with Gasteiger partial charge in [-0.1, -0.05) is 29.8 Å². The van der Waals surface area contributed by atoms with E-state index in [2.05, 4.69) is 5.32 Å². The fourth-order valence-corrected chi connectivity index (χ4v) is 3.96. The lowest BCUT2D eigenvalue weighted by Crippen LogP contribution is -2.44. The van der Waals surface area contributed by atoms with Crippen molar-refractivity contribution in [1.82, 2.24) is 9.47 Å². The first-order chi connectivity index (χ1) is 14.5. The van der Waals surface area contributed by atoms with Crippen molar-refractivity contribution >= 4 is 40.2 Å². The van der Waals surface area contributed by atoms with Gasteiger partial charge in [-0.25, -0.2) is 4.79 Å². The van der Waals surface area contributed by atoms with Crippen LogP contribution in [0.2, 0.25) is 5.02 Å². The van der Waals surface area contributed by atoms with Crippen molar-refractivity contribution in [1.29, 1.82) is 0 Å². The number of amides is 2. The van der Waals surface area contributed by atoms with Gasteiger partial charge >= 0.3 is 5.76 Å². The number of hydrogen-bond donors (Lipinski definition) is 1. The Morgan fingerprint density at radius 3 is 2.77 bits per heavy atom. The molecule has 1 fully saturated rings. The van der Waals surface area contributed by atoms with E-state index in [1.165, 1.54) is 4.57 Å². The number of nitrogens with one attached hydrogen (secondary N) is 1. The molecule has 1 saturated heterocycles. The third-order valence-corrected chi connectivity index (χ3v) is 5.60. The lowest BCUT2D eigenvalue weighted by molar-refractivity contribution is -0.134. The zero-order chi connectivity index (χ0) is 21.1. The van der Waals surface area contributed by atoms with Crippen molar-refractivity contribution in [2.45, 2.75) is 25.8 Å². The highest BCUT2D eigenvalue weighted by Gasteiger charge is 2.28. The summed E-state index contributed by atoms with van der Waals surface area (Å²) in [4.78, 5) is 39.2. The van der Waals surface area contributed by atoms with E-state index < -0.39 is 5.76 Å². The first-order valence-corrected chi connectivity index (χ1v) is 10.3. The fourth-order valence-electron chi connectivity index (χ4n) is 3.80. The van der Waals surface area contributed by atoms with Crippen LogP contribution in [-0.4, -0.2) is 34.4 Å². The van der Waals surface area contributed by atoms with Crippen LogP contribution < -0.4 is 11.1 Å². The lowest BCUT2D eigenvalue weighted by atomic mass is 9.96. The maximum Gasteiger partial charge on any atom is 0.419 e. The summed E-state index contributed by atoms with van der Waals surface area (Å²) < 4.78 is 6.65. The number of rotatable bonds is 5. The number of fused-ring (bicyclic) bond motifs is 1. The Balaban J connectivity index is 1.37. The van der Waals surface area contributed by atoms with Gasteiger partial charge in [0.25, 0.3) is 0 Å². The van der Waals surface area contributed by atoms with Crippen molar-refractivity contribution < 1.29 is 14.0 Å². The Kier molecular flexibility index (Phi) is 5.90. The number of oxazole rings is 1. The molecule has 0 bridgehead atoms. The number of aryl methyl sites for hydroxylation is 1. The van der Waals surface area contributed by atoms with E-state index in [-0.39, 0.29) is 30.7 Å². The number of anilines is 1. The average molecular weight is 428 g/mol. The second-order valence-electron chi connectivity index (χ2n) is 7.42. The van der Waals surface area contributed by atoms with Gasteiger partial charge < -0.3 is 14.6 Å². The summed E-state index contributed by atoms with van der Waals surface area (Å²) in [5, 5.41) is 3.39. The SMILES string of the molecule is O=C(Nc1ccccc1)[C@H]1CCCN(C(=O)CCn2c(=O)oc3cc(Cl)ccc32)C1. The quantitative estimate of drug-likeness (QED) is 0.675. The van der Waals surface area contributed by atoms with Gasteiger partial charge in [0.2, 0.25) is 11.8 Å². The van der Waals surface area contributed by atoms with Crippen molar-refractivity contribution in [3.05, 3.63) is 64.1 Å². The predicted octanol–water partition coefficient (Wildman–Crippen LogP) is 3.52. The minimum atomic E-state index is -0.515. The number of piperidine rings is 1. The topological polar surface area (TPSA) is 84.5 Å². The van der Waals surface area contributed by atoms with Gasteiger partial charge in [0, 0.05) is 42.8 Å². The Morgan fingerprint density at radius 2 is 1.97 bits per heavy atom. The van der Waals surface area contributed by atoms with E-state index in [0.717, 1.165) is 18.5 Å². The first kappa shape index (κ1) is 20.2. The minimum absolute atomic E-state index is 0.0763. The zero-order valence-corrected chi connectivity index (χ0v) is 17.1. The van der Waals surface area contributed by atoms with Crippen molar-refractivity contribution in [2.75, 3.05) is 18.4 Å². The summed E-state index contributed by atoms with van der Waals surface area (Å²) >= 11 is 5.93. The number of nitrogens with zero attached hydrogens (tertiary/aromatic N) is 2. The van der Waals surface area contributed by atoms with E-state index in [0.29, 0.717) is 29.2 Å². The number of halogens is 1. The van der Waals surface area contributed by atoms with Crippen molar-refractivity contribution in [3.8, 4) is 0 Å². The molecule has 156 valence electrons. The fraction of sp³-hybridized carbons (Fsp3) is 0.318. The van der Waals surface area contributed by atoms with E-state index in [1.54, 1.807) is 23.1 Å². The molecule has 1 aromatic heterocycles. The molecule has 30 heavy (non-hydrogen) atoms. The van der Waals surface area contributed by atoms with Crippen molar-refractivity contribution in [2.24, 2.45) is 5.92 Å². The number of para-hydroxylation sites is 1. The summed E-state index contributed by atoms with van der Waals surface area (Å²) in [5.74, 6) is -0.920. The molecule has 0 aliphatic carbocycles. The van der Waals surface area contributed by atoms with E-state index in [1.807, 2.05) is 30.3 Å². The molecule has 0 spiro atoms. The van der Waals surface area contributed by atoms with E-state index in [4.69, 9.17) is 16.0 Å². The van der Waals surface area contributed by atoms with Crippen LogP contribution >= 0.6 is 11.6 Å². The molecule has 1 atom stereocenters. The monoisotopic (exact) mass is 427 g/mol. The van der Waals surface area contributed by atoms with Crippen LogP contribution in [0.4, 0.5) is 5.69 Å². The number of likely N-dealkylation sites (tertiary alicyclic amines) is 1. The highest BCUT2D eigenvalue weighted by Crippen LogP contribution is 2.21. The van der Waals surface area contributed by atoms with Crippen LogP contribution in [0.3, 0.4) is 0 Å². The van der Waals surface area contributed by atoms with Crippen LogP contribution in [0.25, 0.3) is 11.1 Å². The molecule has 4 rings (SSSR count). The maximum atomic E-state index is 12.7. The van der Waals surface area contributed by atoms with Gasteiger partial charge in [0.1, 0.15) is 0 Å². The molecule has 2 aromatic carbocycles. The lowest BCUT2D eigenvalue weighted by Gasteiger charge is -2.32. The Bertz CT molecular complexity index is 1120. The second-order valence-corrected chi connectivity index (χ2v) is 7.85. The molecule has 1 aliphatic rings. The highest BCUT2D eigenvalue weighted by molar-refractivity contribution is 6.31. The molecule has 1 aliphatic heterocycles. The predicted molar refractivity (Wildman–Crippen MR) is 114 cm³/mol. The van der Waals surface area contributed by atoms with Crippen LogP contribution in [0.5, 0.6) is 0 Å². The molecule has 0 radical (unpaired) electrons. The molecule has 8 heteroatoms. The smallest absolute Gasteiger partial charge is 0.408 e. The average Bonchev–Trinajstić information content (AvgIpc) is 3.06. The molecule has 7 nitrogen and oxygen atoms in total. The molecule has 0 saturated carbocycles. The summed E-state index contributed by atoms with van der Waals surface area (Å²) in [5.41, 5.74) is 1.75. The van der Waals surface area contributed by atoms with Gasteiger partial charge in [-0.2, -0.15) is 0 Å². The molecule has 0 unspecified atom stereocenters. The number of aromatic nitrogens is 1. The molecule has 1 N–H and O–H groups in total. The van der Waals surface area contributed by atoms with E-state index in [9.17, 15) is 14.4 Å². The van der Waals surface area contributed by atoms with Gasteiger partial charge in [0.05, 0.1) is 11.4 Å². The summed E-state index contributed by atoms with van der Waals surface area (Å²) in [7, 11) is 0. The molecular weight excluding hydrogens is 406 g/mol. The molecule has 3 aromatic rings. The van der Waals surface area contributed by atoms with Crippen LogP contribution in [0.1, 0.15) is 19.3 Å². The minimum Gasteiger partial charge on any atom is -0.408 e. The number of carbonyl (C=O) groups is 2. The van der Waals surface area contributed by atoms with Crippen LogP contribution in [0.15, 0.2) is 57.7 Å².